The molecule has 1 heterocycles. The van der Waals surface area contributed by atoms with Gasteiger partial charge in [-0.1, -0.05) is 0 Å². The van der Waals surface area contributed by atoms with Crippen molar-refractivity contribution in [3.05, 3.63) is 0 Å². The lowest BCUT2D eigenvalue weighted by atomic mass is 9.97. The van der Waals surface area contributed by atoms with Crippen molar-refractivity contribution < 1.29 is 27.4 Å². The van der Waals surface area contributed by atoms with Crippen LogP contribution in [0.15, 0.2) is 0 Å². The predicted molar refractivity (Wildman–Crippen MR) is 55.8 cm³/mol. The van der Waals surface area contributed by atoms with Gasteiger partial charge in [-0.2, -0.15) is 13.2 Å². The van der Waals surface area contributed by atoms with Crippen LogP contribution in [0.2, 0.25) is 0 Å². The summed E-state index contributed by atoms with van der Waals surface area (Å²) in [7, 11) is 1.04. The molecule has 0 bridgehead atoms. The molecule has 0 N–H and O–H groups in total. The van der Waals surface area contributed by atoms with Crippen molar-refractivity contribution in [3.63, 3.8) is 0 Å². The zero-order valence-electron chi connectivity index (χ0n) is 9.96. The van der Waals surface area contributed by atoms with Crippen LogP contribution in [0.1, 0.15) is 19.3 Å². The highest BCUT2D eigenvalue weighted by molar-refractivity contribution is 4.67. The van der Waals surface area contributed by atoms with Gasteiger partial charge in [0.2, 0.25) is 0 Å². The van der Waals surface area contributed by atoms with E-state index in [-0.39, 0.29) is 0 Å². The van der Waals surface area contributed by atoms with Gasteiger partial charge in [-0.15, -0.1) is 0 Å². The second kappa shape index (κ2) is 7.18. The van der Waals surface area contributed by atoms with Gasteiger partial charge in [0.25, 0.3) is 0 Å². The maximum Gasteiger partial charge on any atom is 0.416 e. The minimum Gasteiger partial charge on any atom is -0.381 e. The van der Waals surface area contributed by atoms with E-state index in [9.17, 15) is 13.2 Å². The van der Waals surface area contributed by atoms with E-state index in [4.69, 9.17) is 9.47 Å². The highest BCUT2D eigenvalue weighted by atomic mass is 19.4. The summed E-state index contributed by atoms with van der Waals surface area (Å²) in [6.45, 7) is 1.41. The number of hydrogen-bond acceptors (Lipinski definition) is 3. The van der Waals surface area contributed by atoms with Crippen molar-refractivity contribution in [2.45, 2.75) is 31.5 Å². The molecule has 0 aromatic rings. The summed E-state index contributed by atoms with van der Waals surface area (Å²) in [6.07, 6.45) is -3.45. The molecule has 1 saturated heterocycles. The number of methoxy groups -OCH3 is 1. The molecule has 0 amide bonds. The van der Waals surface area contributed by atoms with E-state index in [1.54, 1.807) is 0 Å². The largest absolute Gasteiger partial charge is 0.416 e. The molecule has 1 aliphatic heterocycles. The zero-order chi connectivity index (χ0) is 12.7. The Bertz CT molecular complexity index is 203. The molecular formula is C11H19F3O3. The maximum atomic E-state index is 12.3. The van der Waals surface area contributed by atoms with Gasteiger partial charge in [-0.25, -0.2) is 0 Å². The average molecular weight is 256 g/mol. The number of ether oxygens (including phenoxy) is 3. The first-order valence-corrected chi connectivity index (χ1v) is 5.79. The minimum absolute atomic E-state index is 0.348. The smallest absolute Gasteiger partial charge is 0.381 e. The SMILES string of the molecule is COC(COCCC1CCOCC1)C(F)(F)F. The minimum atomic E-state index is -4.35. The lowest BCUT2D eigenvalue weighted by Crippen LogP contribution is -2.35. The average Bonchev–Trinajstić information content (AvgIpc) is 2.28. The van der Waals surface area contributed by atoms with Crippen molar-refractivity contribution >= 4 is 0 Å². The predicted octanol–water partition coefficient (Wildman–Crippen LogP) is 2.40. The van der Waals surface area contributed by atoms with Crippen LogP contribution in [0.3, 0.4) is 0 Å². The number of hydrogen-bond donors (Lipinski definition) is 0. The van der Waals surface area contributed by atoms with Gasteiger partial charge in [-0.05, 0) is 25.2 Å². The van der Waals surface area contributed by atoms with Crippen LogP contribution in [0.25, 0.3) is 0 Å². The summed E-state index contributed by atoms with van der Waals surface area (Å²) in [6, 6.07) is 0. The standard InChI is InChI=1S/C11H19F3O3/c1-15-10(11(12,13)14)8-17-7-4-9-2-5-16-6-3-9/h9-10H,2-8H2,1H3. The zero-order valence-corrected chi connectivity index (χ0v) is 9.96. The van der Waals surface area contributed by atoms with E-state index in [0.29, 0.717) is 12.5 Å². The Balaban J connectivity index is 2.10. The van der Waals surface area contributed by atoms with Crippen molar-refractivity contribution in [2.24, 2.45) is 5.92 Å². The van der Waals surface area contributed by atoms with Gasteiger partial charge < -0.3 is 14.2 Å². The van der Waals surface area contributed by atoms with Crippen LogP contribution < -0.4 is 0 Å². The van der Waals surface area contributed by atoms with Gasteiger partial charge in [-0.3, -0.25) is 0 Å². The second-order valence-corrected chi connectivity index (χ2v) is 4.19. The lowest BCUT2D eigenvalue weighted by molar-refractivity contribution is -0.226. The fourth-order valence-electron chi connectivity index (χ4n) is 1.77. The van der Waals surface area contributed by atoms with Gasteiger partial charge in [0.05, 0.1) is 6.61 Å². The van der Waals surface area contributed by atoms with E-state index >= 15 is 0 Å². The third-order valence-electron chi connectivity index (χ3n) is 2.93. The molecular weight excluding hydrogens is 237 g/mol. The van der Waals surface area contributed by atoms with E-state index < -0.39 is 18.9 Å². The Morgan fingerprint density at radius 2 is 1.94 bits per heavy atom. The van der Waals surface area contributed by atoms with Gasteiger partial charge in [0.15, 0.2) is 6.10 Å². The molecule has 0 aliphatic carbocycles. The molecule has 17 heavy (non-hydrogen) atoms. The molecule has 102 valence electrons. The third-order valence-corrected chi connectivity index (χ3v) is 2.93. The Hall–Kier alpha value is -0.330. The molecule has 1 rings (SSSR count). The van der Waals surface area contributed by atoms with E-state index in [2.05, 4.69) is 4.74 Å². The van der Waals surface area contributed by atoms with Crippen LogP contribution >= 0.6 is 0 Å². The molecule has 6 heteroatoms. The molecule has 0 radical (unpaired) electrons. The Kier molecular flexibility index (Phi) is 6.22. The summed E-state index contributed by atoms with van der Waals surface area (Å²) in [4.78, 5) is 0. The molecule has 1 aliphatic rings. The topological polar surface area (TPSA) is 27.7 Å². The normalized spacial score (nSPS) is 20.5. The van der Waals surface area contributed by atoms with Crippen LogP contribution in [0, 0.1) is 5.92 Å². The molecule has 1 unspecified atom stereocenters. The molecule has 1 atom stereocenters. The molecule has 3 nitrogen and oxygen atoms in total. The summed E-state index contributed by atoms with van der Waals surface area (Å²) < 4.78 is 51.4. The number of alkyl halides is 3. The maximum absolute atomic E-state index is 12.3. The summed E-state index contributed by atoms with van der Waals surface area (Å²) in [5, 5.41) is 0. The third kappa shape index (κ3) is 5.70. The molecule has 0 aromatic carbocycles. The Morgan fingerprint density at radius 1 is 1.29 bits per heavy atom. The molecule has 0 aromatic heterocycles. The van der Waals surface area contributed by atoms with E-state index in [0.717, 1.165) is 39.6 Å². The summed E-state index contributed by atoms with van der Waals surface area (Å²) >= 11 is 0. The fourth-order valence-corrected chi connectivity index (χ4v) is 1.77. The first-order chi connectivity index (χ1) is 8.04. The first kappa shape index (κ1) is 14.7. The Labute approximate surface area is 99.2 Å². The first-order valence-electron chi connectivity index (χ1n) is 5.79. The summed E-state index contributed by atoms with van der Waals surface area (Å²) in [5.41, 5.74) is 0. The quantitative estimate of drug-likeness (QED) is 0.683. The molecule has 0 spiro atoms. The monoisotopic (exact) mass is 256 g/mol. The highest BCUT2D eigenvalue weighted by Crippen LogP contribution is 2.23. The Morgan fingerprint density at radius 3 is 2.47 bits per heavy atom. The van der Waals surface area contributed by atoms with Crippen LogP contribution in [0.4, 0.5) is 13.2 Å². The highest BCUT2D eigenvalue weighted by Gasteiger charge is 2.40. The van der Waals surface area contributed by atoms with Crippen LogP contribution in [0.5, 0.6) is 0 Å². The fraction of sp³-hybridized carbons (Fsp3) is 1.00. The van der Waals surface area contributed by atoms with Gasteiger partial charge in [0, 0.05) is 26.9 Å². The molecule has 1 fully saturated rings. The number of halogens is 3. The van der Waals surface area contributed by atoms with Crippen molar-refractivity contribution in [1.29, 1.82) is 0 Å². The van der Waals surface area contributed by atoms with Crippen molar-refractivity contribution in [2.75, 3.05) is 33.5 Å². The molecule has 0 saturated carbocycles. The van der Waals surface area contributed by atoms with E-state index in [1.165, 1.54) is 0 Å². The summed E-state index contributed by atoms with van der Waals surface area (Å²) in [5.74, 6) is 0.510. The van der Waals surface area contributed by atoms with Gasteiger partial charge in [0.1, 0.15) is 0 Å². The van der Waals surface area contributed by atoms with Crippen LogP contribution in [-0.2, 0) is 14.2 Å². The van der Waals surface area contributed by atoms with Gasteiger partial charge >= 0.3 is 6.18 Å². The number of rotatable bonds is 6. The lowest BCUT2D eigenvalue weighted by Gasteiger charge is -2.22. The van der Waals surface area contributed by atoms with Crippen LogP contribution in [-0.4, -0.2) is 45.8 Å². The van der Waals surface area contributed by atoms with Crippen molar-refractivity contribution in [1.82, 2.24) is 0 Å². The van der Waals surface area contributed by atoms with E-state index in [1.807, 2.05) is 0 Å². The van der Waals surface area contributed by atoms with Crippen molar-refractivity contribution in [3.8, 4) is 0 Å². The second-order valence-electron chi connectivity index (χ2n) is 4.19.